The summed E-state index contributed by atoms with van der Waals surface area (Å²) >= 11 is 0. The molecule has 5 heteroatoms. The number of primary amides is 1. The predicted molar refractivity (Wildman–Crippen MR) is 64.1 cm³/mol. The Morgan fingerprint density at radius 1 is 1.53 bits per heavy atom. The maximum atomic E-state index is 13.5. The Bertz CT molecular complexity index is 398. The molecule has 0 saturated carbocycles. The minimum atomic E-state index is -1.03. The van der Waals surface area contributed by atoms with Crippen molar-refractivity contribution >= 4 is 11.6 Å². The zero-order chi connectivity index (χ0) is 12.9. The average Bonchev–Trinajstić information content (AvgIpc) is 2.29. The molecule has 0 aliphatic rings. The highest BCUT2D eigenvalue weighted by Gasteiger charge is 2.31. The SMILES string of the molecule is COCCC(C)(Nc1ccccc1F)C(N)=O. The van der Waals surface area contributed by atoms with E-state index in [1.165, 1.54) is 13.2 Å². The molecule has 4 nitrogen and oxygen atoms in total. The summed E-state index contributed by atoms with van der Waals surface area (Å²) < 4.78 is 18.4. The second-order valence-electron chi connectivity index (χ2n) is 4.04. The van der Waals surface area contributed by atoms with Crippen molar-refractivity contribution < 1.29 is 13.9 Å². The summed E-state index contributed by atoms with van der Waals surface area (Å²) in [5.41, 5.74) is 4.56. The van der Waals surface area contributed by atoms with E-state index in [-0.39, 0.29) is 5.69 Å². The van der Waals surface area contributed by atoms with Crippen LogP contribution in [-0.2, 0) is 9.53 Å². The lowest BCUT2D eigenvalue weighted by atomic mass is 9.97. The second-order valence-corrected chi connectivity index (χ2v) is 4.04. The molecule has 0 aromatic heterocycles. The number of carbonyl (C=O) groups is 1. The lowest BCUT2D eigenvalue weighted by Gasteiger charge is -2.28. The van der Waals surface area contributed by atoms with Crippen LogP contribution in [0.5, 0.6) is 0 Å². The fraction of sp³-hybridized carbons (Fsp3) is 0.417. The number of hydrogen-bond acceptors (Lipinski definition) is 3. The number of carbonyl (C=O) groups excluding carboxylic acids is 1. The Hall–Kier alpha value is -1.62. The molecule has 1 unspecified atom stereocenters. The molecule has 17 heavy (non-hydrogen) atoms. The van der Waals surface area contributed by atoms with Gasteiger partial charge in [-0.15, -0.1) is 0 Å². The molecule has 0 fully saturated rings. The third-order valence-electron chi connectivity index (χ3n) is 2.63. The molecule has 1 rings (SSSR count). The molecular formula is C12H17FN2O2. The van der Waals surface area contributed by atoms with Crippen LogP contribution >= 0.6 is 0 Å². The second kappa shape index (κ2) is 5.63. The molecule has 0 aliphatic carbocycles. The van der Waals surface area contributed by atoms with Gasteiger partial charge in [0.2, 0.25) is 5.91 Å². The van der Waals surface area contributed by atoms with Crippen LogP contribution in [0.1, 0.15) is 13.3 Å². The molecule has 0 aliphatic heterocycles. The quantitative estimate of drug-likeness (QED) is 0.792. The van der Waals surface area contributed by atoms with Gasteiger partial charge < -0.3 is 15.8 Å². The van der Waals surface area contributed by atoms with Gasteiger partial charge in [-0.05, 0) is 19.1 Å². The van der Waals surface area contributed by atoms with Gasteiger partial charge in [-0.3, -0.25) is 4.79 Å². The summed E-state index contributed by atoms with van der Waals surface area (Å²) in [4.78, 5) is 11.4. The first kappa shape index (κ1) is 13.4. The summed E-state index contributed by atoms with van der Waals surface area (Å²) in [7, 11) is 1.53. The van der Waals surface area contributed by atoms with Crippen LogP contribution in [0.4, 0.5) is 10.1 Å². The maximum Gasteiger partial charge on any atom is 0.242 e. The third-order valence-corrected chi connectivity index (χ3v) is 2.63. The first-order chi connectivity index (χ1) is 7.99. The highest BCUT2D eigenvalue weighted by Crippen LogP contribution is 2.21. The van der Waals surface area contributed by atoms with Crippen molar-refractivity contribution in [2.45, 2.75) is 18.9 Å². The lowest BCUT2D eigenvalue weighted by molar-refractivity contribution is -0.122. The monoisotopic (exact) mass is 240 g/mol. The number of hydrogen-bond donors (Lipinski definition) is 2. The largest absolute Gasteiger partial charge is 0.385 e. The van der Waals surface area contributed by atoms with E-state index < -0.39 is 17.3 Å². The number of para-hydroxylation sites is 1. The van der Waals surface area contributed by atoms with Crippen LogP contribution < -0.4 is 11.1 Å². The maximum absolute atomic E-state index is 13.5. The Kier molecular flexibility index (Phi) is 4.45. The van der Waals surface area contributed by atoms with Gasteiger partial charge in [-0.2, -0.15) is 0 Å². The Morgan fingerprint density at radius 3 is 2.71 bits per heavy atom. The van der Waals surface area contributed by atoms with Crippen LogP contribution in [-0.4, -0.2) is 25.2 Å². The summed E-state index contributed by atoms with van der Waals surface area (Å²) in [6.07, 6.45) is 0.368. The third kappa shape index (κ3) is 3.42. The van der Waals surface area contributed by atoms with E-state index in [0.717, 1.165) is 0 Å². The molecule has 1 atom stereocenters. The van der Waals surface area contributed by atoms with E-state index in [2.05, 4.69) is 5.32 Å². The van der Waals surface area contributed by atoms with Crippen LogP contribution in [0.15, 0.2) is 24.3 Å². The van der Waals surface area contributed by atoms with Crippen LogP contribution in [0.2, 0.25) is 0 Å². The van der Waals surface area contributed by atoms with Crippen LogP contribution in [0.3, 0.4) is 0 Å². The first-order valence-corrected chi connectivity index (χ1v) is 5.31. The number of benzene rings is 1. The highest BCUT2D eigenvalue weighted by atomic mass is 19.1. The van der Waals surface area contributed by atoms with Gasteiger partial charge in [0.25, 0.3) is 0 Å². The predicted octanol–water partition coefficient (Wildman–Crippen LogP) is 1.52. The molecule has 94 valence electrons. The number of ether oxygens (including phenoxy) is 1. The number of anilines is 1. The van der Waals surface area contributed by atoms with Gasteiger partial charge in [0.05, 0.1) is 5.69 Å². The van der Waals surface area contributed by atoms with Gasteiger partial charge in [0.15, 0.2) is 0 Å². The van der Waals surface area contributed by atoms with Crippen LogP contribution in [0, 0.1) is 5.82 Å². The van der Waals surface area contributed by atoms with Gasteiger partial charge >= 0.3 is 0 Å². The summed E-state index contributed by atoms with van der Waals surface area (Å²) in [6.45, 7) is 1.99. The zero-order valence-corrected chi connectivity index (χ0v) is 10.00. The van der Waals surface area contributed by atoms with Crippen molar-refractivity contribution in [2.24, 2.45) is 5.73 Å². The molecule has 1 aromatic rings. The molecule has 1 amide bonds. The molecule has 3 N–H and O–H groups in total. The number of methoxy groups -OCH3 is 1. The summed E-state index contributed by atoms with van der Waals surface area (Å²) in [5, 5.41) is 2.83. The van der Waals surface area contributed by atoms with E-state index in [0.29, 0.717) is 13.0 Å². The Morgan fingerprint density at radius 2 is 2.18 bits per heavy atom. The first-order valence-electron chi connectivity index (χ1n) is 5.31. The van der Waals surface area contributed by atoms with Gasteiger partial charge in [0.1, 0.15) is 11.4 Å². The number of nitrogens with two attached hydrogens (primary N) is 1. The molecule has 0 heterocycles. The van der Waals surface area contributed by atoms with Crippen molar-refractivity contribution in [1.82, 2.24) is 0 Å². The summed E-state index contributed by atoms with van der Waals surface area (Å²) in [5.74, 6) is -0.963. The minimum Gasteiger partial charge on any atom is -0.385 e. The Labute approximate surface area is 100.0 Å². The average molecular weight is 240 g/mol. The zero-order valence-electron chi connectivity index (χ0n) is 10.00. The minimum absolute atomic E-state index is 0.255. The lowest BCUT2D eigenvalue weighted by Crippen LogP contribution is -2.48. The number of halogens is 1. The van der Waals surface area contributed by atoms with E-state index in [1.807, 2.05) is 0 Å². The van der Waals surface area contributed by atoms with Crippen LogP contribution in [0.25, 0.3) is 0 Å². The van der Waals surface area contributed by atoms with Crippen molar-refractivity contribution in [1.29, 1.82) is 0 Å². The molecule has 0 saturated heterocycles. The van der Waals surface area contributed by atoms with Gasteiger partial charge in [-0.25, -0.2) is 4.39 Å². The fourth-order valence-corrected chi connectivity index (χ4v) is 1.41. The van der Waals surface area contributed by atoms with Crippen molar-refractivity contribution in [3.63, 3.8) is 0 Å². The van der Waals surface area contributed by atoms with Crippen molar-refractivity contribution in [2.75, 3.05) is 19.0 Å². The van der Waals surface area contributed by atoms with E-state index in [1.54, 1.807) is 25.1 Å². The molecular weight excluding hydrogens is 223 g/mol. The van der Waals surface area contributed by atoms with E-state index in [9.17, 15) is 9.18 Å². The van der Waals surface area contributed by atoms with E-state index in [4.69, 9.17) is 10.5 Å². The fourth-order valence-electron chi connectivity index (χ4n) is 1.41. The van der Waals surface area contributed by atoms with Crippen molar-refractivity contribution in [3.8, 4) is 0 Å². The normalized spacial score (nSPS) is 14.1. The number of rotatable bonds is 6. The standard InChI is InChI=1S/C12H17FN2O2/c1-12(11(14)16,7-8-17-2)15-10-6-4-3-5-9(10)13/h3-6,15H,7-8H2,1-2H3,(H2,14,16). The van der Waals surface area contributed by atoms with Gasteiger partial charge in [-0.1, -0.05) is 12.1 Å². The highest BCUT2D eigenvalue weighted by molar-refractivity contribution is 5.87. The topological polar surface area (TPSA) is 64.3 Å². The molecule has 1 aromatic carbocycles. The Balaban J connectivity index is 2.87. The molecule has 0 spiro atoms. The number of amides is 1. The number of nitrogens with one attached hydrogen (secondary N) is 1. The van der Waals surface area contributed by atoms with Crippen molar-refractivity contribution in [3.05, 3.63) is 30.1 Å². The smallest absolute Gasteiger partial charge is 0.242 e. The van der Waals surface area contributed by atoms with Gasteiger partial charge in [0, 0.05) is 20.1 Å². The summed E-state index contributed by atoms with van der Waals surface area (Å²) in [6, 6.07) is 6.14. The molecule has 0 radical (unpaired) electrons. The molecule has 0 bridgehead atoms. The van der Waals surface area contributed by atoms with E-state index >= 15 is 0 Å².